The minimum Gasteiger partial charge on any atom is -0.494 e. The van der Waals surface area contributed by atoms with Gasteiger partial charge in [0.2, 0.25) is 0 Å². The molecule has 0 fully saturated rings. The number of hydrogen-bond donors (Lipinski definition) is 3. The van der Waals surface area contributed by atoms with Gasteiger partial charge in [0, 0.05) is 18.3 Å². The van der Waals surface area contributed by atoms with Gasteiger partial charge in [0.1, 0.15) is 5.75 Å². The van der Waals surface area contributed by atoms with Crippen molar-refractivity contribution >= 4 is 11.7 Å². The van der Waals surface area contributed by atoms with E-state index in [1.807, 2.05) is 32.9 Å². The molecule has 0 saturated carbocycles. The van der Waals surface area contributed by atoms with Gasteiger partial charge >= 0.3 is 6.03 Å². The first-order chi connectivity index (χ1) is 10.1. The van der Waals surface area contributed by atoms with Crippen LogP contribution in [-0.4, -0.2) is 30.4 Å². The van der Waals surface area contributed by atoms with Crippen LogP contribution in [0.15, 0.2) is 24.3 Å². The Balaban J connectivity index is 2.45. The first kappa shape index (κ1) is 17.3. The maximum Gasteiger partial charge on any atom is 0.319 e. The summed E-state index contributed by atoms with van der Waals surface area (Å²) in [5.74, 6) is 0.930. The van der Waals surface area contributed by atoms with Gasteiger partial charge in [0.15, 0.2) is 0 Å². The second kappa shape index (κ2) is 9.23. The zero-order chi connectivity index (χ0) is 15.7. The molecule has 118 valence electrons. The standard InChI is InChI=1S/C16H26N2O3/c1-4-12(5-2)15(19)11-17-16(20)18-13-8-7-9-14(10-13)21-6-3/h7-10,12,15,19H,4-6,11H2,1-3H3,(H2,17,18,20). The molecule has 1 rings (SSSR count). The summed E-state index contributed by atoms with van der Waals surface area (Å²) in [5, 5.41) is 15.4. The van der Waals surface area contributed by atoms with Gasteiger partial charge in [-0.1, -0.05) is 32.8 Å². The third kappa shape index (κ3) is 6.04. The molecule has 1 atom stereocenters. The minimum atomic E-state index is -0.513. The fourth-order valence-electron chi connectivity index (χ4n) is 2.20. The third-order valence-corrected chi connectivity index (χ3v) is 3.47. The monoisotopic (exact) mass is 294 g/mol. The van der Waals surface area contributed by atoms with Gasteiger partial charge in [-0.25, -0.2) is 4.79 Å². The maximum atomic E-state index is 11.8. The molecule has 1 aromatic rings. The molecule has 5 heteroatoms. The largest absolute Gasteiger partial charge is 0.494 e. The highest BCUT2D eigenvalue weighted by atomic mass is 16.5. The third-order valence-electron chi connectivity index (χ3n) is 3.47. The van der Waals surface area contributed by atoms with Gasteiger partial charge < -0.3 is 20.5 Å². The Kier molecular flexibility index (Phi) is 7.61. The van der Waals surface area contributed by atoms with Crippen molar-refractivity contribution in [3.63, 3.8) is 0 Å². The van der Waals surface area contributed by atoms with E-state index in [4.69, 9.17) is 4.74 Å². The molecule has 0 spiro atoms. The number of aliphatic hydroxyl groups is 1. The average molecular weight is 294 g/mol. The predicted octanol–water partition coefficient (Wildman–Crippen LogP) is 3.00. The molecule has 5 nitrogen and oxygen atoms in total. The number of benzene rings is 1. The summed E-state index contributed by atoms with van der Waals surface area (Å²) in [6.07, 6.45) is 1.29. The van der Waals surface area contributed by atoms with Gasteiger partial charge in [0.05, 0.1) is 12.7 Å². The second-order valence-electron chi connectivity index (χ2n) is 4.94. The average Bonchev–Trinajstić information content (AvgIpc) is 2.47. The Bertz CT molecular complexity index is 433. The van der Waals surface area contributed by atoms with E-state index in [2.05, 4.69) is 10.6 Å². The molecule has 1 aromatic carbocycles. The molecule has 0 radical (unpaired) electrons. The van der Waals surface area contributed by atoms with Gasteiger partial charge in [-0.05, 0) is 25.0 Å². The summed E-state index contributed by atoms with van der Waals surface area (Å²) in [7, 11) is 0. The Hall–Kier alpha value is -1.75. The fourth-order valence-corrected chi connectivity index (χ4v) is 2.20. The summed E-state index contributed by atoms with van der Waals surface area (Å²) in [4.78, 5) is 11.8. The van der Waals surface area contributed by atoms with Gasteiger partial charge in [-0.2, -0.15) is 0 Å². The quantitative estimate of drug-likeness (QED) is 0.690. The Labute approximate surface area is 126 Å². The zero-order valence-corrected chi connectivity index (χ0v) is 13.1. The topological polar surface area (TPSA) is 70.6 Å². The molecule has 0 aliphatic rings. The zero-order valence-electron chi connectivity index (χ0n) is 13.1. The molecular weight excluding hydrogens is 268 g/mol. The number of hydrogen-bond acceptors (Lipinski definition) is 3. The summed E-state index contributed by atoms with van der Waals surface area (Å²) in [6, 6.07) is 6.89. The fraction of sp³-hybridized carbons (Fsp3) is 0.562. The lowest BCUT2D eigenvalue weighted by Crippen LogP contribution is -2.38. The number of carbonyl (C=O) groups excluding carboxylic acids is 1. The van der Waals surface area contributed by atoms with E-state index in [1.54, 1.807) is 12.1 Å². The summed E-state index contributed by atoms with van der Waals surface area (Å²) in [5.41, 5.74) is 0.662. The van der Waals surface area contributed by atoms with Crippen molar-refractivity contribution in [2.45, 2.75) is 39.7 Å². The highest BCUT2D eigenvalue weighted by Gasteiger charge is 2.16. The number of carbonyl (C=O) groups is 1. The van der Waals surface area contributed by atoms with Crippen molar-refractivity contribution in [3.05, 3.63) is 24.3 Å². The van der Waals surface area contributed by atoms with Crippen LogP contribution in [0.25, 0.3) is 0 Å². The molecule has 0 aromatic heterocycles. The van der Waals surface area contributed by atoms with E-state index < -0.39 is 6.10 Å². The van der Waals surface area contributed by atoms with Crippen LogP contribution in [0.5, 0.6) is 5.75 Å². The van der Waals surface area contributed by atoms with Crippen LogP contribution in [-0.2, 0) is 0 Å². The lowest BCUT2D eigenvalue weighted by Gasteiger charge is -2.20. The van der Waals surface area contributed by atoms with Crippen LogP contribution in [0.1, 0.15) is 33.6 Å². The Morgan fingerprint density at radius 3 is 2.62 bits per heavy atom. The lowest BCUT2D eigenvalue weighted by molar-refractivity contribution is 0.104. The number of urea groups is 1. The number of aliphatic hydroxyl groups excluding tert-OH is 1. The van der Waals surface area contributed by atoms with Crippen LogP contribution in [0.4, 0.5) is 10.5 Å². The van der Waals surface area contributed by atoms with Crippen LogP contribution in [0.2, 0.25) is 0 Å². The molecule has 2 amide bonds. The first-order valence-corrected chi connectivity index (χ1v) is 7.56. The normalized spacial score (nSPS) is 12.0. The maximum absolute atomic E-state index is 11.8. The van der Waals surface area contributed by atoms with E-state index in [1.165, 1.54) is 0 Å². The number of ether oxygens (including phenoxy) is 1. The number of amides is 2. The lowest BCUT2D eigenvalue weighted by atomic mass is 9.97. The highest BCUT2D eigenvalue weighted by molar-refractivity contribution is 5.89. The van der Waals surface area contributed by atoms with Crippen molar-refractivity contribution in [1.29, 1.82) is 0 Å². The Morgan fingerprint density at radius 2 is 2.00 bits per heavy atom. The minimum absolute atomic E-state index is 0.214. The van der Waals surface area contributed by atoms with E-state index >= 15 is 0 Å². The number of anilines is 1. The molecular formula is C16H26N2O3. The molecule has 21 heavy (non-hydrogen) atoms. The van der Waals surface area contributed by atoms with Crippen molar-refractivity contribution < 1.29 is 14.6 Å². The summed E-state index contributed by atoms with van der Waals surface area (Å²) < 4.78 is 5.38. The summed E-state index contributed by atoms with van der Waals surface area (Å²) in [6.45, 7) is 6.82. The van der Waals surface area contributed by atoms with Crippen molar-refractivity contribution in [1.82, 2.24) is 5.32 Å². The van der Waals surface area contributed by atoms with Crippen molar-refractivity contribution in [2.75, 3.05) is 18.5 Å². The van der Waals surface area contributed by atoms with E-state index in [-0.39, 0.29) is 18.5 Å². The van der Waals surface area contributed by atoms with Crippen LogP contribution < -0.4 is 15.4 Å². The molecule has 0 heterocycles. The molecule has 0 bridgehead atoms. The highest BCUT2D eigenvalue weighted by Crippen LogP contribution is 2.17. The van der Waals surface area contributed by atoms with Gasteiger partial charge in [-0.15, -0.1) is 0 Å². The summed E-state index contributed by atoms with van der Waals surface area (Å²) >= 11 is 0. The first-order valence-electron chi connectivity index (χ1n) is 7.56. The van der Waals surface area contributed by atoms with E-state index in [0.29, 0.717) is 18.0 Å². The molecule has 0 saturated heterocycles. The molecule has 1 unspecified atom stereocenters. The van der Waals surface area contributed by atoms with Crippen molar-refractivity contribution in [2.24, 2.45) is 5.92 Å². The SMILES string of the molecule is CCOc1cccc(NC(=O)NCC(O)C(CC)CC)c1. The Morgan fingerprint density at radius 1 is 1.29 bits per heavy atom. The van der Waals surface area contributed by atoms with Crippen LogP contribution in [0.3, 0.4) is 0 Å². The molecule has 3 N–H and O–H groups in total. The van der Waals surface area contributed by atoms with Crippen molar-refractivity contribution in [3.8, 4) is 5.75 Å². The van der Waals surface area contributed by atoms with Gasteiger partial charge in [0.25, 0.3) is 0 Å². The predicted molar refractivity (Wildman–Crippen MR) is 84.7 cm³/mol. The number of rotatable bonds is 8. The number of nitrogens with one attached hydrogen (secondary N) is 2. The molecule has 0 aliphatic heterocycles. The van der Waals surface area contributed by atoms with E-state index in [9.17, 15) is 9.90 Å². The van der Waals surface area contributed by atoms with E-state index in [0.717, 1.165) is 12.8 Å². The second-order valence-corrected chi connectivity index (χ2v) is 4.94. The van der Waals surface area contributed by atoms with Crippen LogP contribution in [0, 0.1) is 5.92 Å². The molecule has 0 aliphatic carbocycles. The van der Waals surface area contributed by atoms with Gasteiger partial charge in [-0.3, -0.25) is 0 Å². The smallest absolute Gasteiger partial charge is 0.319 e. The van der Waals surface area contributed by atoms with Crippen LogP contribution >= 0.6 is 0 Å².